The van der Waals surface area contributed by atoms with E-state index < -0.39 is 0 Å². The first-order valence-corrected chi connectivity index (χ1v) is 5.57. The fraction of sp³-hybridized carbons (Fsp3) is 0.0714. The van der Waals surface area contributed by atoms with Gasteiger partial charge in [0.15, 0.2) is 0 Å². The summed E-state index contributed by atoms with van der Waals surface area (Å²) in [6.07, 6.45) is 0. The molecule has 0 bridgehead atoms. The molecular weight excluding hydrogens is 236 g/mol. The molecule has 0 saturated carbocycles. The van der Waals surface area contributed by atoms with Crippen LogP contribution < -0.4 is 4.74 Å². The summed E-state index contributed by atoms with van der Waals surface area (Å²) < 4.78 is 5.21. The molecule has 0 saturated heterocycles. The van der Waals surface area contributed by atoms with Crippen molar-refractivity contribution in [2.45, 2.75) is 6.92 Å². The van der Waals surface area contributed by atoms with Gasteiger partial charge in [0.1, 0.15) is 5.75 Å². The van der Waals surface area contributed by atoms with E-state index in [9.17, 15) is 4.79 Å². The van der Waals surface area contributed by atoms with Crippen molar-refractivity contribution in [3.8, 4) is 5.75 Å². The summed E-state index contributed by atoms with van der Waals surface area (Å²) in [6, 6.07) is 14.0. The summed E-state index contributed by atoms with van der Waals surface area (Å²) in [7, 11) is 0. The lowest BCUT2D eigenvalue weighted by atomic mass is 10.1. The molecule has 0 radical (unpaired) electrons. The maximum absolute atomic E-state index is 11.8. The fourth-order valence-electron chi connectivity index (χ4n) is 1.47. The van der Waals surface area contributed by atoms with Crippen LogP contribution in [0.15, 0.2) is 48.5 Å². The molecule has 0 N–H and O–H groups in total. The molecule has 17 heavy (non-hydrogen) atoms. The quantitative estimate of drug-likeness (QED) is 0.594. The van der Waals surface area contributed by atoms with Crippen LogP contribution in [0.3, 0.4) is 0 Å². The molecule has 3 heteroatoms. The van der Waals surface area contributed by atoms with E-state index in [-0.39, 0.29) is 5.97 Å². The SMILES string of the molecule is Cc1cccc(C(=O)Oc2cccc(Cl)c2)c1. The summed E-state index contributed by atoms with van der Waals surface area (Å²) in [5, 5.41) is 0.541. The number of esters is 1. The number of benzene rings is 2. The van der Waals surface area contributed by atoms with Crippen molar-refractivity contribution >= 4 is 17.6 Å². The first-order valence-electron chi connectivity index (χ1n) is 5.19. The van der Waals surface area contributed by atoms with E-state index in [0.717, 1.165) is 5.56 Å². The Morgan fingerprint density at radius 2 is 1.88 bits per heavy atom. The molecular formula is C14H11ClO2. The molecule has 0 aliphatic carbocycles. The fourth-order valence-corrected chi connectivity index (χ4v) is 1.65. The van der Waals surface area contributed by atoms with Gasteiger partial charge in [-0.15, -0.1) is 0 Å². The van der Waals surface area contributed by atoms with Crippen molar-refractivity contribution < 1.29 is 9.53 Å². The second-order valence-corrected chi connectivity index (χ2v) is 4.15. The molecule has 2 aromatic rings. The lowest BCUT2D eigenvalue weighted by Gasteiger charge is -2.05. The Morgan fingerprint density at radius 3 is 2.59 bits per heavy atom. The Morgan fingerprint density at radius 1 is 1.12 bits per heavy atom. The molecule has 0 spiro atoms. The van der Waals surface area contributed by atoms with Crippen LogP contribution in [-0.4, -0.2) is 5.97 Å². The highest BCUT2D eigenvalue weighted by Gasteiger charge is 2.08. The highest BCUT2D eigenvalue weighted by molar-refractivity contribution is 6.30. The average Bonchev–Trinajstić information content (AvgIpc) is 2.29. The minimum Gasteiger partial charge on any atom is -0.423 e. The van der Waals surface area contributed by atoms with Crippen LogP contribution in [0.4, 0.5) is 0 Å². The lowest BCUT2D eigenvalue weighted by molar-refractivity contribution is 0.0734. The van der Waals surface area contributed by atoms with Crippen molar-refractivity contribution in [2.24, 2.45) is 0 Å². The summed E-state index contributed by atoms with van der Waals surface area (Å²) in [5.41, 5.74) is 1.55. The third-order valence-electron chi connectivity index (χ3n) is 2.26. The zero-order valence-corrected chi connectivity index (χ0v) is 10.1. The first kappa shape index (κ1) is 11.7. The number of carbonyl (C=O) groups is 1. The van der Waals surface area contributed by atoms with Crippen LogP contribution in [0, 0.1) is 6.92 Å². The maximum Gasteiger partial charge on any atom is 0.343 e. The van der Waals surface area contributed by atoms with Crippen molar-refractivity contribution in [1.82, 2.24) is 0 Å². The highest BCUT2D eigenvalue weighted by atomic mass is 35.5. The minimum absolute atomic E-state index is 0.379. The molecule has 0 unspecified atom stereocenters. The van der Waals surface area contributed by atoms with Crippen LogP contribution in [0.2, 0.25) is 5.02 Å². The third kappa shape index (κ3) is 3.08. The first-order chi connectivity index (χ1) is 8.15. The van der Waals surface area contributed by atoms with Crippen molar-refractivity contribution in [3.05, 3.63) is 64.7 Å². The molecule has 0 aliphatic rings. The van der Waals surface area contributed by atoms with Crippen LogP contribution in [0.25, 0.3) is 0 Å². The van der Waals surface area contributed by atoms with Gasteiger partial charge in [0, 0.05) is 5.02 Å². The number of aryl methyl sites for hydroxylation is 1. The third-order valence-corrected chi connectivity index (χ3v) is 2.50. The van der Waals surface area contributed by atoms with E-state index >= 15 is 0 Å². The Hall–Kier alpha value is -1.80. The topological polar surface area (TPSA) is 26.3 Å². The van der Waals surface area contributed by atoms with Gasteiger partial charge in [0.25, 0.3) is 0 Å². The van der Waals surface area contributed by atoms with Crippen LogP contribution in [0.1, 0.15) is 15.9 Å². The second-order valence-electron chi connectivity index (χ2n) is 3.72. The van der Waals surface area contributed by atoms with E-state index in [1.54, 1.807) is 36.4 Å². The Balaban J connectivity index is 2.17. The summed E-state index contributed by atoms with van der Waals surface area (Å²) in [6.45, 7) is 1.93. The Bertz CT molecular complexity index is 549. The number of hydrogen-bond acceptors (Lipinski definition) is 2. The minimum atomic E-state index is -0.379. The molecule has 2 aromatic carbocycles. The van der Waals surface area contributed by atoms with Crippen LogP contribution >= 0.6 is 11.6 Å². The monoisotopic (exact) mass is 246 g/mol. The smallest absolute Gasteiger partial charge is 0.343 e. The van der Waals surface area contributed by atoms with Gasteiger partial charge in [0.2, 0.25) is 0 Å². The summed E-state index contributed by atoms with van der Waals surface area (Å²) >= 11 is 5.81. The second kappa shape index (κ2) is 5.02. The van der Waals surface area contributed by atoms with Gasteiger partial charge in [-0.05, 0) is 37.3 Å². The number of carbonyl (C=O) groups excluding carboxylic acids is 1. The molecule has 0 aliphatic heterocycles. The van der Waals surface area contributed by atoms with Crippen molar-refractivity contribution in [3.63, 3.8) is 0 Å². The van der Waals surface area contributed by atoms with Gasteiger partial charge >= 0.3 is 5.97 Å². The van der Waals surface area contributed by atoms with Crippen molar-refractivity contribution in [1.29, 1.82) is 0 Å². The average molecular weight is 247 g/mol. The van der Waals surface area contributed by atoms with E-state index in [1.165, 1.54) is 0 Å². The largest absolute Gasteiger partial charge is 0.423 e. The molecule has 86 valence electrons. The summed E-state index contributed by atoms with van der Waals surface area (Å²) in [4.78, 5) is 11.8. The van der Waals surface area contributed by atoms with Crippen LogP contribution in [-0.2, 0) is 0 Å². The van der Waals surface area contributed by atoms with Gasteiger partial charge < -0.3 is 4.74 Å². The van der Waals surface area contributed by atoms with Gasteiger partial charge in [-0.25, -0.2) is 4.79 Å². The molecule has 0 fully saturated rings. The number of rotatable bonds is 2. The van der Waals surface area contributed by atoms with Crippen molar-refractivity contribution in [2.75, 3.05) is 0 Å². The zero-order valence-electron chi connectivity index (χ0n) is 9.31. The lowest BCUT2D eigenvalue weighted by Crippen LogP contribution is -2.08. The van der Waals surface area contributed by atoms with E-state index in [2.05, 4.69) is 0 Å². The molecule has 0 atom stereocenters. The number of hydrogen-bond donors (Lipinski definition) is 0. The predicted molar refractivity (Wildman–Crippen MR) is 67.6 cm³/mol. The van der Waals surface area contributed by atoms with E-state index in [4.69, 9.17) is 16.3 Å². The molecule has 0 aromatic heterocycles. The number of halogens is 1. The molecule has 0 amide bonds. The zero-order chi connectivity index (χ0) is 12.3. The predicted octanol–water partition coefficient (Wildman–Crippen LogP) is 3.87. The Kier molecular flexibility index (Phi) is 3.45. The highest BCUT2D eigenvalue weighted by Crippen LogP contribution is 2.18. The van der Waals surface area contributed by atoms with Gasteiger partial charge in [-0.3, -0.25) is 0 Å². The molecule has 0 heterocycles. The van der Waals surface area contributed by atoms with Crippen LogP contribution in [0.5, 0.6) is 5.75 Å². The summed E-state index contributed by atoms with van der Waals surface area (Å²) in [5.74, 6) is 0.0694. The van der Waals surface area contributed by atoms with E-state index in [1.807, 2.05) is 19.1 Å². The molecule has 2 rings (SSSR count). The molecule has 2 nitrogen and oxygen atoms in total. The van der Waals surface area contributed by atoms with Gasteiger partial charge in [-0.1, -0.05) is 35.4 Å². The van der Waals surface area contributed by atoms with Gasteiger partial charge in [-0.2, -0.15) is 0 Å². The Labute approximate surface area is 105 Å². The standard InChI is InChI=1S/C14H11ClO2/c1-10-4-2-5-11(8-10)14(16)17-13-7-3-6-12(15)9-13/h2-9H,1H3. The normalized spacial score (nSPS) is 10.0. The number of ether oxygens (including phenoxy) is 1. The maximum atomic E-state index is 11.8. The van der Waals surface area contributed by atoms with Gasteiger partial charge in [0.05, 0.1) is 5.56 Å². The van der Waals surface area contributed by atoms with E-state index in [0.29, 0.717) is 16.3 Å².